The molecule has 0 spiro atoms. The van der Waals surface area contributed by atoms with Crippen LogP contribution in [-0.2, 0) is 4.79 Å². The standard InChI is InChI=1S/C17H24N2O3/c1-12-9-15(18-22-12)10-13-5-7-19(8-6-13)16(20)11-17(2,21)14-3-4-14/h9-10,14,21H,3-8,11H2,1-2H3. The summed E-state index contributed by atoms with van der Waals surface area (Å²) in [6.07, 6.45) is 6.12. The van der Waals surface area contributed by atoms with E-state index in [0.717, 1.165) is 50.2 Å². The third kappa shape index (κ3) is 3.58. The van der Waals surface area contributed by atoms with Gasteiger partial charge < -0.3 is 14.5 Å². The van der Waals surface area contributed by atoms with E-state index in [0.29, 0.717) is 5.92 Å². The summed E-state index contributed by atoms with van der Waals surface area (Å²) in [5.74, 6) is 1.20. The van der Waals surface area contributed by atoms with Gasteiger partial charge in [-0.2, -0.15) is 0 Å². The van der Waals surface area contributed by atoms with E-state index in [1.165, 1.54) is 5.57 Å². The number of hydrogen-bond acceptors (Lipinski definition) is 4. The van der Waals surface area contributed by atoms with Gasteiger partial charge in [-0.15, -0.1) is 0 Å². The Morgan fingerprint density at radius 1 is 1.50 bits per heavy atom. The summed E-state index contributed by atoms with van der Waals surface area (Å²) in [4.78, 5) is 14.2. The van der Waals surface area contributed by atoms with Crippen molar-refractivity contribution < 1.29 is 14.4 Å². The van der Waals surface area contributed by atoms with Crippen LogP contribution in [0.5, 0.6) is 0 Å². The van der Waals surface area contributed by atoms with Gasteiger partial charge in [0.2, 0.25) is 5.91 Å². The van der Waals surface area contributed by atoms with Gasteiger partial charge in [-0.3, -0.25) is 4.79 Å². The fourth-order valence-electron chi connectivity index (χ4n) is 3.12. The number of rotatable bonds is 4. The summed E-state index contributed by atoms with van der Waals surface area (Å²) in [5, 5.41) is 14.3. The smallest absolute Gasteiger partial charge is 0.225 e. The van der Waals surface area contributed by atoms with E-state index in [-0.39, 0.29) is 12.3 Å². The van der Waals surface area contributed by atoms with Crippen molar-refractivity contribution in [2.24, 2.45) is 5.92 Å². The number of likely N-dealkylation sites (tertiary alicyclic amines) is 1. The van der Waals surface area contributed by atoms with Crippen LogP contribution in [0.4, 0.5) is 0 Å². The molecule has 2 fully saturated rings. The van der Waals surface area contributed by atoms with Crippen LogP contribution in [0.25, 0.3) is 6.08 Å². The number of nitrogens with zero attached hydrogens (tertiary/aromatic N) is 2. The van der Waals surface area contributed by atoms with E-state index in [2.05, 4.69) is 11.2 Å². The SMILES string of the molecule is Cc1cc(C=C2CCN(C(=O)CC(C)(O)C3CC3)CC2)no1. The molecule has 2 heterocycles. The minimum atomic E-state index is -0.828. The normalized spacial score (nSPS) is 21.6. The Bertz CT molecular complexity index is 574. The maximum absolute atomic E-state index is 12.3. The second kappa shape index (κ2) is 5.88. The molecule has 0 bridgehead atoms. The second-order valence-electron chi connectivity index (χ2n) is 6.85. The summed E-state index contributed by atoms with van der Waals surface area (Å²) in [6, 6.07) is 1.91. The second-order valence-corrected chi connectivity index (χ2v) is 6.85. The van der Waals surface area contributed by atoms with Crippen LogP contribution < -0.4 is 0 Å². The minimum absolute atomic E-state index is 0.0771. The Morgan fingerprint density at radius 3 is 2.73 bits per heavy atom. The van der Waals surface area contributed by atoms with Crippen LogP contribution in [-0.4, -0.2) is 39.8 Å². The van der Waals surface area contributed by atoms with Crippen LogP contribution in [0.2, 0.25) is 0 Å². The van der Waals surface area contributed by atoms with Gasteiger partial charge in [0.05, 0.1) is 12.0 Å². The first kappa shape index (κ1) is 15.3. The lowest BCUT2D eigenvalue weighted by molar-refractivity contribution is -0.137. The Morgan fingerprint density at radius 2 is 2.18 bits per heavy atom. The van der Waals surface area contributed by atoms with Crippen molar-refractivity contribution >= 4 is 12.0 Å². The van der Waals surface area contributed by atoms with Crippen molar-refractivity contribution in [1.82, 2.24) is 10.1 Å². The van der Waals surface area contributed by atoms with Crippen LogP contribution >= 0.6 is 0 Å². The Kier molecular flexibility index (Phi) is 4.08. The zero-order valence-electron chi connectivity index (χ0n) is 13.3. The molecule has 2 aliphatic rings. The molecule has 1 aromatic heterocycles. The molecule has 1 aromatic rings. The highest BCUT2D eigenvalue weighted by Crippen LogP contribution is 2.41. The van der Waals surface area contributed by atoms with Gasteiger partial charge in [0.15, 0.2) is 0 Å². The number of hydrogen-bond donors (Lipinski definition) is 1. The molecule has 0 aromatic carbocycles. The van der Waals surface area contributed by atoms with Crippen molar-refractivity contribution in [3.63, 3.8) is 0 Å². The van der Waals surface area contributed by atoms with E-state index in [1.807, 2.05) is 17.9 Å². The monoisotopic (exact) mass is 304 g/mol. The molecule has 120 valence electrons. The van der Waals surface area contributed by atoms with Gasteiger partial charge in [-0.25, -0.2) is 0 Å². The molecule has 5 heteroatoms. The highest BCUT2D eigenvalue weighted by molar-refractivity contribution is 5.77. The number of aromatic nitrogens is 1. The molecular formula is C17H24N2O3. The maximum atomic E-state index is 12.3. The first-order chi connectivity index (χ1) is 10.4. The van der Waals surface area contributed by atoms with E-state index in [4.69, 9.17) is 4.52 Å². The molecule has 22 heavy (non-hydrogen) atoms. The number of amides is 1. The summed E-state index contributed by atoms with van der Waals surface area (Å²) in [5.41, 5.74) is 1.32. The lowest BCUT2D eigenvalue weighted by Crippen LogP contribution is -2.41. The Balaban J connectivity index is 1.53. The summed E-state index contributed by atoms with van der Waals surface area (Å²) < 4.78 is 5.06. The highest BCUT2D eigenvalue weighted by Gasteiger charge is 2.42. The maximum Gasteiger partial charge on any atom is 0.225 e. The van der Waals surface area contributed by atoms with E-state index in [1.54, 1.807) is 6.92 Å². The van der Waals surface area contributed by atoms with Gasteiger partial charge >= 0.3 is 0 Å². The lowest BCUT2D eigenvalue weighted by Gasteiger charge is -2.31. The van der Waals surface area contributed by atoms with Crippen molar-refractivity contribution in [3.8, 4) is 0 Å². The number of carbonyl (C=O) groups is 1. The summed E-state index contributed by atoms with van der Waals surface area (Å²) in [6.45, 7) is 5.12. The Labute approximate surface area is 131 Å². The molecule has 1 unspecified atom stereocenters. The fourth-order valence-corrected chi connectivity index (χ4v) is 3.12. The van der Waals surface area contributed by atoms with E-state index < -0.39 is 5.60 Å². The van der Waals surface area contributed by atoms with Crippen LogP contribution in [0.3, 0.4) is 0 Å². The zero-order chi connectivity index (χ0) is 15.7. The molecule has 1 aliphatic carbocycles. The van der Waals surface area contributed by atoms with Crippen molar-refractivity contribution in [2.75, 3.05) is 13.1 Å². The van der Waals surface area contributed by atoms with Gasteiger partial charge in [-0.05, 0) is 51.5 Å². The summed E-state index contributed by atoms with van der Waals surface area (Å²) >= 11 is 0. The average molecular weight is 304 g/mol. The molecule has 1 saturated heterocycles. The average Bonchev–Trinajstić information content (AvgIpc) is 3.25. The molecule has 3 rings (SSSR count). The van der Waals surface area contributed by atoms with Crippen LogP contribution in [0.15, 0.2) is 16.2 Å². The van der Waals surface area contributed by atoms with Gasteiger partial charge in [-0.1, -0.05) is 10.7 Å². The first-order valence-corrected chi connectivity index (χ1v) is 8.07. The molecule has 1 amide bonds. The molecule has 5 nitrogen and oxygen atoms in total. The molecule has 1 N–H and O–H groups in total. The Hall–Kier alpha value is -1.62. The largest absolute Gasteiger partial charge is 0.389 e. The zero-order valence-corrected chi connectivity index (χ0v) is 13.3. The predicted octanol–water partition coefficient (Wildman–Crippen LogP) is 2.54. The lowest BCUT2D eigenvalue weighted by atomic mass is 9.94. The van der Waals surface area contributed by atoms with Crippen LogP contribution in [0.1, 0.15) is 50.5 Å². The van der Waals surface area contributed by atoms with Crippen molar-refractivity contribution in [1.29, 1.82) is 0 Å². The molecule has 0 radical (unpaired) electrons. The minimum Gasteiger partial charge on any atom is -0.389 e. The van der Waals surface area contributed by atoms with Crippen molar-refractivity contribution in [3.05, 3.63) is 23.1 Å². The molecule has 1 saturated carbocycles. The molecular weight excluding hydrogens is 280 g/mol. The van der Waals surface area contributed by atoms with Gasteiger partial charge in [0, 0.05) is 19.2 Å². The topological polar surface area (TPSA) is 66.6 Å². The van der Waals surface area contributed by atoms with E-state index >= 15 is 0 Å². The number of piperidine rings is 1. The highest BCUT2D eigenvalue weighted by atomic mass is 16.5. The first-order valence-electron chi connectivity index (χ1n) is 8.07. The third-order valence-corrected chi connectivity index (χ3v) is 4.72. The molecule has 1 aliphatic heterocycles. The number of aryl methyl sites for hydroxylation is 1. The van der Waals surface area contributed by atoms with Crippen molar-refractivity contribution in [2.45, 2.75) is 51.6 Å². The van der Waals surface area contributed by atoms with Gasteiger partial charge in [0.25, 0.3) is 0 Å². The predicted molar refractivity (Wildman–Crippen MR) is 83.0 cm³/mol. The van der Waals surface area contributed by atoms with E-state index in [9.17, 15) is 9.90 Å². The quantitative estimate of drug-likeness (QED) is 0.928. The van der Waals surface area contributed by atoms with Gasteiger partial charge in [0.1, 0.15) is 11.5 Å². The van der Waals surface area contributed by atoms with Crippen LogP contribution in [0, 0.1) is 12.8 Å². The fraction of sp³-hybridized carbons (Fsp3) is 0.647. The molecule has 1 atom stereocenters. The number of carbonyl (C=O) groups excluding carboxylic acids is 1. The number of aliphatic hydroxyl groups is 1. The third-order valence-electron chi connectivity index (χ3n) is 4.72. The summed E-state index contributed by atoms with van der Waals surface area (Å²) in [7, 11) is 0.